The van der Waals surface area contributed by atoms with E-state index in [1.54, 1.807) is 13.0 Å². The average Bonchev–Trinajstić information content (AvgIpc) is 2.83. The van der Waals surface area contributed by atoms with Gasteiger partial charge in [0.15, 0.2) is 0 Å². The molecule has 0 radical (unpaired) electrons. The van der Waals surface area contributed by atoms with Crippen molar-refractivity contribution in [2.45, 2.75) is 45.8 Å². The highest BCUT2D eigenvalue weighted by atomic mass is 16.6. The van der Waals surface area contributed by atoms with Crippen molar-refractivity contribution in [3.63, 3.8) is 0 Å². The van der Waals surface area contributed by atoms with Crippen LogP contribution < -0.4 is 0 Å². The first-order chi connectivity index (χ1) is 11.3. The molecule has 1 aliphatic heterocycles. The Labute approximate surface area is 142 Å². The van der Waals surface area contributed by atoms with Gasteiger partial charge in [-0.1, -0.05) is 32.2 Å². The molecular formula is C20H24O4. The first-order valence-corrected chi connectivity index (χ1v) is 8.40. The van der Waals surface area contributed by atoms with Crippen LogP contribution in [0, 0.1) is 17.3 Å². The molecule has 3 aliphatic rings. The summed E-state index contributed by atoms with van der Waals surface area (Å²) < 4.78 is 11.4. The Morgan fingerprint density at radius 3 is 2.83 bits per heavy atom. The van der Waals surface area contributed by atoms with Gasteiger partial charge in [-0.15, -0.1) is 0 Å². The summed E-state index contributed by atoms with van der Waals surface area (Å²) >= 11 is 0. The highest BCUT2D eigenvalue weighted by molar-refractivity contribution is 5.91. The molecule has 0 unspecified atom stereocenters. The fourth-order valence-corrected chi connectivity index (χ4v) is 4.26. The number of carbonyl (C=O) groups is 2. The van der Waals surface area contributed by atoms with Gasteiger partial charge in [0.25, 0.3) is 0 Å². The molecule has 2 fully saturated rings. The monoisotopic (exact) mass is 328 g/mol. The van der Waals surface area contributed by atoms with E-state index < -0.39 is 0 Å². The number of carbonyl (C=O) groups excluding carboxylic acids is 2. The third-order valence-corrected chi connectivity index (χ3v) is 5.91. The van der Waals surface area contributed by atoms with Crippen LogP contribution in [-0.2, 0) is 19.1 Å². The van der Waals surface area contributed by atoms with Gasteiger partial charge >= 0.3 is 11.9 Å². The van der Waals surface area contributed by atoms with Crippen molar-refractivity contribution in [2.75, 3.05) is 0 Å². The van der Waals surface area contributed by atoms with Crippen LogP contribution in [0.5, 0.6) is 0 Å². The van der Waals surface area contributed by atoms with Crippen LogP contribution in [0.15, 0.2) is 48.1 Å². The molecule has 0 amide bonds. The molecule has 0 bridgehead atoms. The van der Waals surface area contributed by atoms with Crippen molar-refractivity contribution in [3.05, 3.63) is 48.1 Å². The van der Waals surface area contributed by atoms with Gasteiger partial charge in [-0.3, -0.25) is 0 Å². The summed E-state index contributed by atoms with van der Waals surface area (Å²) in [5, 5.41) is 0. The van der Waals surface area contributed by atoms with Crippen molar-refractivity contribution in [1.29, 1.82) is 0 Å². The zero-order valence-electron chi connectivity index (χ0n) is 14.5. The van der Waals surface area contributed by atoms with Crippen LogP contribution in [0.1, 0.15) is 33.6 Å². The predicted molar refractivity (Wildman–Crippen MR) is 90.9 cm³/mol. The Kier molecular flexibility index (Phi) is 4.02. The summed E-state index contributed by atoms with van der Waals surface area (Å²) in [6.45, 7) is 13.7. The minimum atomic E-state index is -0.357. The molecule has 5 atom stereocenters. The largest absolute Gasteiger partial charge is 0.458 e. The SMILES string of the molecule is C=C1C=C[C@@H](OC(=O)/C(C)=C\C)[C@]2(C)CC[C@H]3C(=C)C(=O)O[C@@H]3[C@@H]12. The Morgan fingerprint density at radius 1 is 1.46 bits per heavy atom. The second-order valence-corrected chi connectivity index (χ2v) is 7.26. The molecule has 0 aromatic heterocycles. The summed E-state index contributed by atoms with van der Waals surface area (Å²) in [5.41, 5.74) is 1.73. The van der Waals surface area contributed by atoms with Gasteiger partial charge in [0.1, 0.15) is 12.2 Å². The van der Waals surface area contributed by atoms with Crippen molar-refractivity contribution < 1.29 is 19.1 Å². The van der Waals surface area contributed by atoms with E-state index in [2.05, 4.69) is 20.1 Å². The van der Waals surface area contributed by atoms with E-state index in [4.69, 9.17) is 9.47 Å². The normalized spacial score (nSPS) is 38.5. The molecule has 0 spiro atoms. The number of ether oxygens (including phenoxy) is 2. The van der Waals surface area contributed by atoms with E-state index in [1.807, 2.05) is 19.1 Å². The zero-order valence-corrected chi connectivity index (χ0v) is 14.5. The van der Waals surface area contributed by atoms with Crippen molar-refractivity contribution in [2.24, 2.45) is 17.3 Å². The summed E-state index contributed by atoms with van der Waals surface area (Å²) in [6.07, 6.45) is 6.56. The maximum Gasteiger partial charge on any atom is 0.334 e. The van der Waals surface area contributed by atoms with Crippen LogP contribution in [0.25, 0.3) is 0 Å². The molecule has 1 saturated heterocycles. The Bertz CT molecular complexity index is 684. The van der Waals surface area contributed by atoms with Gasteiger partial charge in [0, 0.05) is 28.4 Å². The third-order valence-electron chi connectivity index (χ3n) is 5.91. The molecule has 0 N–H and O–H groups in total. The van der Waals surface area contributed by atoms with Gasteiger partial charge in [-0.05, 0) is 38.3 Å². The number of rotatable bonds is 2. The third kappa shape index (κ3) is 2.36. The zero-order chi connectivity index (χ0) is 17.6. The molecule has 24 heavy (non-hydrogen) atoms. The lowest BCUT2D eigenvalue weighted by molar-refractivity contribution is -0.160. The molecule has 0 aromatic rings. The van der Waals surface area contributed by atoms with E-state index in [0.29, 0.717) is 11.1 Å². The highest BCUT2D eigenvalue weighted by Crippen LogP contribution is 2.56. The van der Waals surface area contributed by atoms with Gasteiger partial charge < -0.3 is 9.47 Å². The summed E-state index contributed by atoms with van der Waals surface area (Å²) in [6, 6.07) is 0. The molecule has 2 aliphatic carbocycles. The second-order valence-electron chi connectivity index (χ2n) is 7.26. The smallest absolute Gasteiger partial charge is 0.334 e. The van der Waals surface area contributed by atoms with Crippen LogP contribution in [-0.4, -0.2) is 24.1 Å². The number of allylic oxidation sites excluding steroid dienone is 2. The molecule has 0 aromatic carbocycles. The minimum Gasteiger partial charge on any atom is -0.458 e. The molecule has 1 heterocycles. The van der Waals surface area contributed by atoms with Crippen LogP contribution in [0.4, 0.5) is 0 Å². The molecule has 128 valence electrons. The Hall–Kier alpha value is -2.10. The van der Waals surface area contributed by atoms with E-state index in [9.17, 15) is 9.59 Å². The molecular weight excluding hydrogens is 304 g/mol. The topological polar surface area (TPSA) is 52.6 Å². The maximum absolute atomic E-state index is 12.2. The number of hydrogen-bond donors (Lipinski definition) is 0. The summed E-state index contributed by atoms with van der Waals surface area (Å²) in [5.74, 6) is -0.648. The number of esters is 2. The quantitative estimate of drug-likeness (QED) is 0.575. The van der Waals surface area contributed by atoms with Gasteiger partial charge in [-0.25, -0.2) is 9.59 Å². The van der Waals surface area contributed by atoms with E-state index in [0.717, 1.165) is 18.4 Å². The maximum atomic E-state index is 12.2. The average molecular weight is 328 g/mol. The van der Waals surface area contributed by atoms with E-state index in [-0.39, 0.29) is 41.4 Å². The van der Waals surface area contributed by atoms with Gasteiger partial charge in [0.2, 0.25) is 0 Å². The van der Waals surface area contributed by atoms with Crippen LogP contribution >= 0.6 is 0 Å². The minimum absolute atomic E-state index is 0.0347. The van der Waals surface area contributed by atoms with Crippen molar-refractivity contribution in [1.82, 2.24) is 0 Å². The van der Waals surface area contributed by atoms with E-state index >= 15 is 0 Å². The summed E-state index contributed by atoms with van der Waals surface area (Å²) in [7, 11) is 0. The Morgan fingerprint density at radius 2 is 2.17 bits per heavy atom. The highest BCUT2D eigenvalue weighted by Gasteiger charge is 2.58. The van der Waals surface area contributed by atoms with Crippen LogP contribution in [0.2, 0.25) is 0 Å². The lowest BCUT2D eigenvalue weighted by atomic mass is 9.56. The Balaban J connectivity index is 1.93. The second kappa shape index (κ2) is 5.76. The predicted octanol–water partition coefficient (Wildman–Crippen LogP) is 3.50. The molecule has 1 saturated carbocycles. The van der Waals surface area contributed by atoms with Gasteiger partial charge in [0.05, 0.1) is 0 Å². The lowest BCUT2D eigenvalue weighted by Crippen LogP contribution is -2.52. The van der Waals surface area contributed by atoms with Crippen molar-refractivity contribution in [3.8, 4) is 0 Å². The van der Waals surface area contributed by atoms with Crippen LogP contribution in [0.3, 0.4) is 0 Å². The van der Waals surface area contributed by atoms with Gasteiger partial charge in [-0.2, -0.15) is 0 Å². The molecule has 4 heteroatoms. The molecule has 4 nitrogen and oxygen atoms in total. The van der Waals surface area contributed by atoms with Crippen molar-refractivity contribution >= 4 is 11.9 Å². The lowest BCUT2D eigenvalue weighted by Gasteiger charge is -2.51. The fourth-order valence-electron chi connectivity index (χ4n) is 4.26. The fraction of sp³-hybridized carbons (Fsp3) is 0.500. The van der Waals surface area contributed by atoms with E-state index in [1.165, 1.54) is 0 Å². The standard InChI is InChI=1S/C20H24O4/c1-6-11(2)18(21)23-15-8-7-12(3)16-17-14(9-10-20(15,16)5)13(4)19(22)24-17/h6-8,14-17H,3-4,9-10H2,1-2,5H3/b11-6-/t14-,15+,16+,17-,20-/m0/s1. The summed E-state index contributed by atoms with van der Waals surface area (Å²) in [4.78, 5) is 24.2. The molecule has 3 rings (SSSR count). The first-order valence-electron chi connectivity index (χ1n) is 8.40. The first kappa shape index (κ1) is 16.7. The number of hydrogen-bond acceptors (Lipinski definition) is 4. The number of fused-ring (bicyclic) bond motifs is 3.